The molecule has 4 nitrogen and oxygen atoms in total. The molecule has 1 aliphatic carbocycles. The largest absolute Gasteiger partial charge is 0.454 e. The van der Waals surface area contributed by atoms with E-state index >= 15 is 0 Å². The van der Waals surface area contributed by atoms with Gasteiger partial charge in [-0.2, -0.15) is 0 Å². The van der Waals surface area contributed by atoms with E-state index in [9.17, 15) is 9.18 Å². The van der Waals surface area contributed by atoms with Gasteiger partial charge in [-0.1, -0.05) is 24.3 Å². The molecule has 0 bridgehead atoms. The van der Waals surface area contributed by atoms with E-state index in [1.807, 2.05) is 18.2 Å². The number of amides is 1. The molecule has 1 aliphatic rings. The molecule has 1 fully saturated rings. The molecular weight excluding hydrogens is 331 g/mol. The van der Waals surface area contributed by atoms with Gasteiger partial charge in [-0.3, -0.25) is 4.79 Å². The molecule has 0 radical (unpaired) electrons. The SMILES string of the molecule is CC(NC(=O)C1(N)CC1)c1ccc(Oc2ccccc2)c(F)c1.Cl. The second kappa shape index (κ2) is 7.20. The molecule has 2 aromatic carbocycles. The number of carbonyl (C=O) groups excluding carboxylic acids is 1. The summed E-state index contributed by atoms with van der Waals surface area (Å²) >= 11 is 0. The van der Waals surface area contributed by atoms with Crippen LogP contribution in [0.1, 0.15) is 31.4 Å². The number of carbonyl (C=O) groups is 1. The summed E-state index contributed by atoms with van der Waals surface area (Å²) in [4.78, 5) is 11.9. The van der Waals surface area contributed by atoms with Gasteiger partial charge in [0.2, 0.25) is 5.91 Å². The van der Waals surface area contributed by atoms with Crippen molar-refractivity contribution in [1.82, 2.24) is 5.32 Å². The van der Waals surface area contributed by atoms with Crippen LogP contribution in [0, 0.1) is 5.82 Å². The smallest absolute Gasteiger partial charge is 0.240 e. The number of rotatable bonds is 5. The first-order valence-electron chi connectivity index (χ1n) is 7.60. The van der Waals surface area contributed by atoms with Crippen molar-refractivity contribution in [1.29, 1.82) is 0 Å². The molecule has 6 heteroatoms. The van der Waals surface area contributed by atoms with Gasteiger partial charge < -0.3 is 15.8 Å². The Morgan fingerprint density at radius 1 is 1.25 bits per heavy atom. The van der Waals surface area contributed by atoms with Crippen molar-refractivity contribution in [2.75, 3.05) is 0 Å². The summed E-state index contributed by atoms with van der Waals surface area (Å²) < 4.78 is 19.7. The highest BCUT2D eigenvalue weighted by atomic mass is 35.5. The van der Waals surface area contributed by atoms with Crippen LogP contribution >= 0.6 is 12.4 Å². The third-order valence-corrected chi connectivity index (χ3v) is 4.02. The molecule has 0 spiro atoms. The lowest BCUT2D eigenvalue weighted by molar-refractivity contribution is -0.123. The summed E-state index contributed by atoms with van der Waals surface area (Å²) in [5.41, 5.74) is 5.78. The van der Waals surface area contributed by atoms with Crippen LogP contribution < -0.4 is 15.8 Å². The maximum Gasteiger partial charge on any atom is 0.240 e. The first-order chi connectivity index (χ1) is 11.0. The number of halogens is 2. The monoisotopic (exact) mass is 350 g/mol. The Kier molecular flexibility index (Phi) is 5.47. The first kappa shape index (κ1) is 18.2. The lowest BCUT2D eigenvalue weighted by atomic mass is 10.1. The summed E-state index contributed by atoms with van der Waals surface area (Å²) in [5, 5.41) is 2.82. The first-order valence-corrected chi connectivity index (χ1v) is 7.60. The van der Waals surface area contributed by atoms with E-state index in [0.29, 0.717) is 24.2 Å². The van der Waals surface area contributed by atoms with Crippen LogP contribution in [0.4, 0.5) is 4.39 Å². The average molecular weight is 351 g/mol. The van der Waals surface area contributed by atoms with Crippen molar-refractivity contribution >= 4 is 18.3 Å². The Balaban J connectivity index is 0.00000208. The molecule has 1 atom stereocenters. The fourth-order valence-corrected chi connectivity index (χ4v) is 2.27. The van der Waals surface area contributed by atoms with Crippen molar-refractivity contribution in [3.63, 3.8) is 0 Å². The maximum absolute atomic E-state index is 14.2. The Morgan fingerprint density at radius 2 is 1.92 bits per heavy atom. The van der Waals surface area contributed by atoms with Gasteiger partial charge in [0, 0.05) is 0 Å². The molecule has 3 rings (SSSR count). The van der Waals surface area contributed by atoms with E-state index in [2.05, 4.69) is 5.32 Å². The van der Waals surface area contributed by atoms with Crippen LogP contribution in [0.5, 0.6) is 11.5 Å². The van der Waals surface area contributed by atoms with Gasteiger partial charge in [0.15, 0.2) is 11.6 Å². The fraction of sp³-hybridized carbons (Fsp3) is 0.278. The summed E-state index contributed by atoms with van der Waals surface area (Å²) in [6.07, 6.45) is 1.40. The molecule has 128 valence electrons. The minimum Gasteiger partial charge on any atom is -0.454 e. The minimum atomic E-state index is -0.733. The van der Waals surface area contributed by atoms with Gasteiger partial charge in [-0.25, -0.2) is 4.39 Å². The highest BCUT2D eigenvalue weighted by Gasteiger charge is 2.46. The molecule has 2 aromatic rings. The summed E-state index contributed by atoms with van der Waals surface area (Å²) in [5.74, 6) is 0.0617. The standard InChI is InChI=1S/C18H19FN2O2.ClH/c1-12(21-17(22)18(20)9-10-18)13-7-8-16(15(19)11-13)23-14-5-3-2-4-6-14;/h2-8,11-12H,9-10,20H2,1H3,(H,21,22);1H. The quantitative estimate of drug-likeness (QED) is 0.864. The molecule has 24 heavy (non-hydrogen) atoms. The van der Waals surface area contributed by atoms with Crippen LogP contribution in [0.3, 0.4) is 0 Å². The summed E-state index contributed by atoms with van der Waals surface area (Å²) in [6.45, 7) is 1.80. The third kappa shape index (κ3) is 4.04. The Hall–Kier alpha value is -2.11. The van der Waals surface area contributed by atoms with E-state index in [4.69, 9.17) is 10.5 Å². The lowest BCUT2D eigenvalue weighted by Crippen LogP contribution is -2.43. The van der Waals surface area contributed by atoms with Crippen molar-refractivity contribution < 1.29 is 13.9 Å². The second-order valence-electron chi connectivity index (χ2n) is 5.96. The van der Waals surface area contributed by atoms with Crippen LogP contribution in [0.25, 0.3) is 0 Å². The molecule has 0 aliphatic heterocycles. The van der Waals surface area contributed by atoms with Gasteiger partial charge in [0.1, 0.15) is 5.75 Å². The number of nitrogens with two attached hydrogens (primary N) is 1. The molecule has 0 saturated heterocycles. The zero-order valence-electron chi connectivity index (χ0n) is 13.3. The molecule has 1 saturated carbocycles. The van der Waals surface area contributed by atoms with Crippen LogP contribution in [-0.4, -0.2) is 11.4 Å². The third-order valence-electron chi connectivity index (χ3n) is 4.02. The van der Waals surface area contributed by atoms with E-state index < -0.39 is 11.4 Å². The molecule has 1 unspecified atom stereocenters. The predicted octanol–water partition coefficient (Wildman–Crippen LogP) is 3.71. The average Bonchev–Trinajstić information content (AvgIpc) is 3.29. The summed E-state index contributed by atoms with van der Waals surface area (Å²) in [7, 11) is 0. The predicted molar refractivity (Wildman–Crippen MR) is 92.9 cm³/mol. The fourth-order valence-electron chi connectivity index (χ4n) is 2.27. The maximum atomic E-state index is 14.2. The van der Waals surface area contributed by atoms with Crippen molar-refractivity contribution in [2.45, 2.75) is 31.3 Å². The van der Waals surface area contributed by atoms with Crippen LogP contribution in [0.15, 0.2) is 48.5 Å². The molecule has 0 heterocycles. The van der Waals surface area contributed by atoms with E-state index in [1.165, 1.54) is 6.07 Å². The molecular formula is C18H20ClFN2O2. The highest BCUT2D eigenvalue weighted by Crippen LogP contribution is 2.33. The molecule has 0 aromatic heterocycles. The Morgan fingerprint density at radius 3 is 2.50 bits per heavy atom. The molecule has 1 amide bonds. The normalized spacial score (nSPS) is 15.8. The Bertz CT molecular complexity index is 720. The molecule has 3 N–H and O–H groups in total. The van der Waals surface area contributed by atoms with Gasteiger partial charge in [-0.05, 0) is 49.6 Å². The minimum absolute atomic E-state index is 0. The topological polar surface area (TPSA) is 64.4 Å². The van der Waals surface area contributed by atoms with Crippen molar-refractivity contribution in [3.05, 3.63) is 59.9 Å². The van der Waals surface area contributed by atoms with Gasteiger partial charge in [0.05, 0.1) is 11.6 Å². The van der Waals surface area contributed by atoms with Crippen molar-refractivity contribution in [3.8, 4) is 11.5 Å². The number of nitrogens with one attached hydrogen (secondary N) is 1. The number of para-hydroxylation sites is 1. The highest BCUT2D eigenvalue weighted by molar-refractivity contribution is 5.89. The van der Waals surface area contributed by atoms with Crippen molar-refractivity contribution in [2.24, 2.45) is 5.73 Å². The van der Waals surface area contributed by atoms with Crippen LogP contribution in [0.2, 0.25) is 0 Å². The van der Waals surface area contributed by atoms with E-state index in [0.717, 1.165) is 0 Å². The Labute approximate surface area is 146 Å². The number of hydrogen-bond acceptors (Lipinski definition) is 3. The van der Waals surface area contributed by atoms with E-state index in [-0.39, 0.29) is 30.1 Å². The number of benzene rings is 2. The lowest BCUT2D eigenvalue weighted by Gasteiger charge is -2.18. The number of ether oxygens (including phenoxy) is 1. The second-order valence-corrected chi connectivity index (χ2v) is 5.96. The summed E-state index contributed by atoms with van der Waals surface area (Å²) in [6, 6.07) is 13.4. The zero-order valence-corrected chi connectivity index (χ0v) is 14.1. The zero-order chi connectivity index (χ0) is 16.4. The van der Waals surface area contributed by atoms with Gasteiger partial charge in [-0.15, -0.1) is 12.4 Å². The van der Waals surface area contributed by atoms with Crippen LogP contribution in [-0.2, 0) is 4.79 Å². The van der Waals surface area contributed by atoms with Gasteiger partial charge in [0.25, 0.3) is 0 Å². The van der Waals surface area contributed by atoms with E-state index in [1.54, 1.807) is 31.2 Å². The number of hydrogen-bond donors (Lipinski definition) is 2. The van der Waals surface area contributed by atoms with Gasteiger partial charge >= 0.3 is 0 Å².